The Labute approximate surface area is 133 Å². The summed E-state index contributed by atoms with van der Waals surface area (Å²) in [6.45, 7) is 3.75. The molecule has 1 aliphatic heterocycles. The average molecular weight is 321 g/mol. The van der Waals surface area contributed by atoms with E-state index in [-0.39, 0.29) is 11.6 Å². The van der Waals surface area contributed by atoms with Crippen LogP contribution in [0.4, 0.5) is 10.5 Å². The predicted molar refractivity (Wildman–Crippen MR) is 82.9 cm³/mol. The predicted octanol–water partition coefficient (Wildman–Crippen LogP) is 0.818. The number of carboxylic acid groups (broad SMARTS) is 1. The molecule has 0 spiro atoms. The third-order valence-electron chi connectivity index (χ3n) is 3.55. The highest BCUT2D eigenvalue weighted by Gasteiger charge is 2.30. The van der Waals surface area contributed by atoms with Crippen molar-refractivity contribution in [3.63, 3.8) is 0 Å². The van der Waals surface area contributed by atoms with Crippen molar-refractivity contribution in [2.45, 2.75) is 19.4 Å². The number of nitrogens with one attached hydrogen (secondary N) is 2. The van der Waals surface area contributed by atoms with E-state index in [9.17, 15) is 14.4 Å². The number of ether oxygens (including phenoxy) is 1. The molecule has 1 aromatic rings. The molecule has 0 atom stereocenters. The summed E-state index contributed by atoms with van der Waals surface area (Å²) in [5.74, 6) is -1.23. The third kappa shape index (κ3) is 3.36. The third-order valence-corrected chi connectivity index (χ3v) is 3.55. The molecule has 0 bridgehead atoms. The summed E-state index contributed by atoms with van der Waals surface area (Å²) in [6, 6.07) is 4.33. The fourth-order valence-corrected chi connectivity index (χ4v) is 2.15. The Morgan fingerprint density at radius 2 is 2.09 bits per heavy atom. The molecular formula is C15H19N3O5. The zero-order valence-electron chi connectivity index (χ0n) is 13.2. The molecule has 1 aliphatic rings. The normalized spacial score (nSPS) is 14.4. The first kappa shape index (κ1) is 16.6. The van der Waals surface area contributed by atoms with Gasteiger partial charge in [-0.15, -0.1) is 0 Å². The Kier molecular flexibility index (Phi) is 4.44. The van der Waals surface area contributed by atoms with Crippen LogP contribution in [0.2, 0.25) is 0 Å². The summed E-state index contributed by atoms with van der Waals surface area (Å²) >= 11 is 0. The highest BCUT2D eigenvalue weighted by Crippen LogP contribution is 2.30. The van der Waals surface area contributed by atoms with Gasteiger partial charge in [0.1, 0.15) is 11.3 Å². The van der Waals surface area contributed by atoms with Crippen molar-refractivity contribution < 1.29 is 24.2 Å². The molecule has 1 heterocycles. The molecule has 0 saturated carbocycles. The van der Waals surface area contributed by atoms with E-state index in [0.717, 1.165) is 0 Å². The lowest BCUT2D eigenvalue weighted by Crippen LogP contribution is -2.49. The van der Waals surface area contributed by atoms with Crippen LogP contribution >= 0.6 is 0 Å². The van der Waals surface area contributed by atoms with Gasteiger partial charge in [0.05, 0.1) is 12.8 Å². The van der Waals surface area contributed by atoms with Gasteiger partial charge in [-0.2, -0.15) is 0 Å². The number of rotatable bonds is 5. The number of benzene rings is 1. The molecular weight excluding hydrogens is 302 g/mol. The Morgan fingerprint density at radius 1 is 1.39 bits per heavy atom. The van der Waals surface area contributed by atoms with Crippen molar-refractivity contribution in [3.8, 4) is 5.75 Å². The monoisotopic (exact) mass is 321 g/mol. The van der Waals surface area contributed by atoms with E-state index < -0.39 is 17.4 Å². The van der Waals surface area contributed by atoms with Crippen LogP contribution in [-0.4, -0.2) is 48.8 Å². The number of anilines is 1. The summed E-state index contributed by atoms with van der Waals surface area (Å²) in [5, 5.41) is 14.2. The second-order valence-corrected chi connectivity index (χ2v) is 5.65. The second-order valence-electron chi connectivity index (χ2n) is 5.65. The van der Waals surface area contributed by atoms with E-state index in [2.05, 4.69) is 10.6 Å². The quantitative estimate of drug-likeness (QED) is 0.744. The minimum atomic E-state index is -1.40. The van der Waals surface area contributed by atoms with E-state index in [1.165, 1.54) is 38.0 Å². The van der Waals surface area contributed by atoms with Crippen LogP contribution in [0.15, 0.2) is 18.2 Å². The molecule has 0 aromatic heterocycles. The Bertz CT molecular complexity index is 657. The van der Waals surface area contributed by atoms with Crippen LogP contribution < -0.4 is 20.3 Å². The number of hydrogen-bond acceptors (Lipinski definition) is 4. The molecule has 2 rings (SSSR count). The number of nitrogens with zero attached hydrogens (tertiary/aromatic N) is 1. The summed E-state index contributed by atoms with van der Waals surface area (Å²) < 4.78 is 5.23. The van der Waals surface area contributed by atoms with Crippen LogP contribution in [0.3, 0.4) is 0 Å². The molecule has 0 aliphatic carbocycles. The lowest BCUT2D eigenvalue weighted by molar-refractivity contribution is -0.143. The molecule has 124 valence electrons. The average Bonchev–Trinajstić information content (AvgIpc) is 2.92. The molecule has 1 aromatic carbocycles. The molecule has 0 radical (unpaired) electrons. The van der Waals surface area contributed by atoms with Gasteiger partial charge in [0.25, 0.3) is 5.91 Å². The molecule has 1 saturated heterocycles. The van der Waals surface area contributed by atoms with Crippen molar-refractivity contribution >= 4 is 23.6 Å². The van der Waals surface area contributed by atoms with Crippen LogP contribution in [0.5, 0.6) is 5.75 Å². The molecule has 8 heteroatoms. The number of urea groups is 1. The van der Waals surface area contributed by atoms with Gasteiger partial charge >= 0.3 is 12.0 Å². The molecule has 8 nitrogen and oxygen atoms in total. The van der Waals surface area contributed by atoms with Gasteiger partial charge in [0.2, 0.25) is 0 Å². The second kappa shape index (κ2) is 6.15. The van der Waals surface area contributed by atoms with Crippen molar-refractivity contribution in [1.29, 1.82) is 0 Å². The zero-order chi connectivity index (χ0) is 17.2. The van der Waals surface area contributed by atoms with E-state index in [1.807, 2.05) is 0 Å². The van der Waals surface area contributed by atoms with Gasteiger partial charge in [-0.1, -0.05) is 0 Å². The van der Waals surface area contributed by atoms with Gasteiger partial charge in [-0.05, 0) is 32.0 Å². The number of aliphatic carboxylic acids is 1. The maximum absolute atomic E-state index is 12.3. The maximum atomic E-state index is 12.3. The molecule has 23 heavy (non-hydrogen) atoms. The first-order valence-electron chi connectivity index (χ1n) is 7.05. The van der Waals surface area contributed by atoms with E-state index in [1.54, 1.807) is 6.07 Å². The van der Waals surface area contributed by atoms with Crippen molar-refractivity contribution in [2.75, 3.05) is 25.1 Å². The summed E-state index contributed by atoms with van der Waals surface area (Å²) in [4.78, 5) is 36.7. The lowest BCUT2D eigenvalue weighted by Gasteiger charge is -2.22. The SMILES string of the molecule is COc1ccc(C(=O)NC(C)(C)C(=O)O)cc1N1CCNC1=O. The van der Waals surface area contributed by atoms with Crippen LogP contribution in [0.1, 0.15) is 24.2 Å². The summed E-state index contributed by atoms with van der Waals surface area (Å²) in [5.41, 5.74) is -0.694. The molecule has 0 unspecified atom stereocenters. The van der Waals surface area contributed by atoms with Gasteiger partial charge in [-0.25, -0.2) is 9.59 Å². The largest absolute Gasteiger partial charge is 0.495 e. The van der Waals surface area contributed by atoms with Gasteiger partial charge in [0.15, 0.2) is 0 Å². The molecule has 3 N–H and O–H groups in total. The first-order chi connectivity index (χ1) is 10.8. The fourth-order valence-electron chi connectivity index (χ4n) is 2.15. The number of amides is 3. The van der Waals surface area contributed by atoms with Crippen molar-refractivity contribution in [3.05, 3.63) is 23.8 Å². The highest BCUT2D eigenvalue weighted by atomic mass is 16.5. The van der Waals surface area contributed by atoms with Crippen LogP contribution in [0, 0.1) is 0 Å². The van der Waals surface area contributed by atoms with Crippen molar-refractivity contribution in [2.24, 2.45) is 0 Å². The van der Waals surface area contributed by atoms with E-state index >= 15 is 0 Å². The minimum Gasteiger partial charge on any atom is -0.495 e. The minimum absolute atomic E-state index is 0.245. The number of carbonyl (C=O) groups is 3. The van der Waals surface area contributed by atoms with Gasteiger partial charge in [-0.3, -0.25) is 9.69 Å². The van der Waals surface area contributed by atoms with E-state index in [0.29, 0.717) is 24.5 Å². The number of carbonyl (C=O) groups excluding carboxylic acids is 2. The maximum Gasteiger partial charge on any atom is 0.328 e. The first-order valence-corrected chi connectivity index (χ1v) is 7.05. The molecule has 3 amide bonds. The number of hydrogen-bond donors (Lipinski definition) is 3. The van der Waals surface area contributed by atoms with Crippen molar-refractivity contribution in [1.82, 2.24) is 10.6 Å². The standard InChI is InChI=1S/C15H19N3O5/c1-15(2,13(20)21)17-12(19)9-4-5-11(23-3)10(8-9)18-7-6-16-14(18)22/h4-5,8H,6-7H2,1-3H3,(H,16,22)(H,17,19)(H,20,21). The van der Waals surface area contributed by atoms with Crippen LogP contribution in [0.25, 0.3) is 0 Å². The summed E-state index contributed by atoms with van der Waals surface area (Å²) in [7, 11) is 1.47. The smallest absolute Gasteiger partial charge is 0.328 e. The van der Waals surface area contributed by atoms with Gasteiger partial charge in [0, 0.05) is 18.7 Å². The lowest BCUT2D eigenvalue weighted by atomic mass is 10.0. The molecule has 1 fully saturated rings. The Hall–Kier alpha value is -2.77. The number of carboxylic acids is 1. The zero-order valence-corrected chi connectivity index (χ0v) is 13.2. The van der Waals surface area contributed by atoms with Gasteiger partial charge < -0.3 is 20.5 Å². The Morgan fingerprint density at radius 3 is 2.61 bits per heavy atom. The summed E-state index contributed by atoms with van der Waals surface area (Å²) in [6.07, 6.45) is 0. The highest BCUT2D eigenvalue weighted by molar-refractivity contribution is 6.01. The van der Waals surface area contributed by atoms with E-state index in [4.69, 9.17) is 9.84 Å². The Balaban J connectivity index is 2.32. The topological polar surface area (TPSA) is 108 Å². The number of methoxy groups -OCH3 is 1. The fraction of sp³-hybridized carbons (Fsp3) is 0.400. The van der Waals surface area contributed by atoms with Crippen LogP contribution in [-0.2, 0) is 4.79 Å².